The second-order valence-electron chi connectivity index (χ2n) is 5.88. The summed E-state index contributed by atoms with van der Waals surface area (Å²) in [5.41, 5.74) is 5.74. The van der Waals surface area contributed by atoms with Crippen LogP contribution in [0, 0.1) is 5.92 Å². The predicted molar refractivity (Wildman–Crippen MR) is 80.4 cm³/mol. The van der Waals surface area contributed by atoms with E-state index in [4.69, 9.17) is 10.5 Å². The third-order valence-electron chi connectivity index (χ3n) is 4.41. The summed E-state index contributed by atoms with van der Waals surface area (Å²) in [5.74, 6) is 0.568. The van der Waals surface area contributed by atoms with Gasteiger partial charge in [0.15, 0.2) is 0 Å². The molecule has 0 spiro atoms. The molecule has 1 aliphatic heterocycles. The largest absolute Gasteiger partial charge is 0.382 e. The van der Waals surface area contributed by atoms with Gasteiger partial charge in [0.05, 0.1) is 6.10 Å². The van der Waals surface area contributed by atoms with Crippen molar-refractivity contribution in [2.24, 2.45) is 11.7 Å². The van der Waals surface area contributed by atoms with E-state index in [0.717, 1.165) is 25.1 Å². The first-order chi connectivity index (χ1) is 9.59. The van der Waals surface area contributed by atoms with Crippen LogP contribution in [0.5, 0.6) is 0 Å². The average Bonchev–Trinajstić information content (AvgIpc) is 2.50. The van der Waals surface area contributed by atoms with Crippen LogP contribution in [0.2, 0.25) is 0 Å². The van der Waals surface area contributed by atoms with E-state index in [0.29, 0.717) is 12.5 Å². The Hall–Kier alpha value is -0.940. The molecule has 1 fully saturated rings. The maximum absolute atomic E-state index is 10.9. The van der Waals surface area contributed by atoms with Crippen LogP contribution in [0.1, 0.15) is 18.9 Å². The van der Waals surface area contributed by atoms with Crippen LogP contribution in [0.25, 0.3) is 0 Å². The molecule has 112 valence electrons. The fourth-order valence-electron chi connectivity index (χ4n) is 2.94. The number of hydrogen-bond acceptors (Lipinski definition) is 4. The first kappa shape index (κ1) is 15.4. The number of benzene rings is 1. The van der Waals surface area contributed by atoms with Crippen molar-refractivity contribution in [1.29, 1.82) is 0 Å². The molecule has 0 aromatic heterocycles. The van der Waals surface area contributed by atoms with Crippen molar-refractivity contribution in [1.82, 2.24) is 4.90 Å². The third kappa shape index (κ3) is 3.38. The molecule has 2 rings (SSSR count). The summed E-state index contributed by atoms with van der Waals surface area (Å²) in [6.07, 6.45) is 1.33. The lowest BCUT2D eigenvalue weighted by Gasteiger charge is -2.40. The Morgan fingerprint density at radius 2 is 2.10 bits per heavy atom. The molecule has 1 aliphatic rings. The van der Waals surface area contributed by atoms with E-state index in [-0.39, 0.29) is 12.6 Å². The van der Waals surface area contributed by atoms with Gasteiger partial charge in [-0.15, -0.1) is 0 Å². The summed E-state index contributed by atoms with van der Waals surface area (Å²) in [7, 11) is 1.76. The van der Waals surface area contributed by atoms with E-state index in [9.17, 15) is 5.11 Å². The zero-order valence-corrected chi connectivity index (χ0v) is 12.5. The smallest absolute Gasteiger partial charge is 0.114 e. The second-order valence-corrected chi connectivity index (χ2v) is 5.88. The van der Waals surface area contributed by atoms with Crippen molar-refractivity contribution in [3.8, 4) is 0 Å². The Morgan fingerprint density at radius 1 is 1.40 bits per heavy atom. The highest BCUT2D eigenvalue weighted by Crippen LogP contribution is 2.25. The van der Waals surface area contributed by atoms with Crippen molar-refractivity contribution in [3.05, 3.63) is 35.9 Å². The van der Waals surface area contributed by atoms with Gasteiger partial charge in [0.2, 0.25) is 0 Å². The quantitative estimate of drug-likeness (QED) is 0.849. The van der Waals surface area contributed by atoms with Crippen molar-refractivity contribution in [2.75, 3.05) is 33.3 Å². The summed E-state index contributed by atoms with van der Waals surface area (Å²) in [6, 6.07) is 9.70. The van der Waals surface area contributed by atoms with E-state index < -0.39 is 5.60 Å². The van der Waals surface area contributed by atoms with Crippen LogP contribution in [0.3, 0.4) is 0 Å². The van der Waals surface area contributed by atoms with Crippen LogP contribution in [0.15, 0.2) is 30.3 Å². The molecule has 3 N–H and O–H groups in total. The van der Waals surface area contributed by atoms with Crippen molar-refractivity contribution >= 4 is 0 Å². The average molecular weight is 278 g/mol. The standard InChI is InChI=1S/C16H26N2O2/c1-13-8-9-18(10-15(13)20-2)12-16(19,11-17)14-6-4-3-5-7-14/h3-7,13,15,19H,8-12,17H2,1-2H3. The molecule has 3 unspecified atom stereocenters. The summed E-state index contributed by atoms with van der Waals surface area (Å²) in [5, 5.41) is 10.9. The molecule has 0 bridgehead atoms. The van der Waals surface area contributed by atoms with Crippen LogP contribution in [-0.2, 0) is 10.3 Å². The van der Waals surface area contributed by atoms with E-state index in [2.05, 4.69) is 11.8 Å². The van der Waals surface area contributed by atoms with Gasteiger partial charge in [-0.2, -0.15) is 0 Å². The topological polar surface area (TPSA) is 58.7 Å². The molecule has 1 aromatic rings. The Kier molecular flexibility index (Phi) is 5.16. The number of ether oxygens (including phenoxy) is 1. The first-order valence-corrected chi connectivity index (χ1v) is 7.32. The lowest BCUT2D eigenvalue weighted by atomic mass is 9.90. The van der Waals surface area contributed by atoms with Crippen LogP contribution < -0.4 is 5.73 Å². The monoisotopic (exact) mass is 278 g/mol. The fourth-order valence-corrected chi connectivity index (χ4v) is 2.94. The number of hydrogen-bond donors (Lipinski definition) is 2. The molecule has 0 aliphatic carbocycles. The maximum Gasteiger partial charge on any atom is 0.114 e. The molecular formula is C16H26N2O2. The number of nitrogens with zero attached hydrogens (tertiary/aromatic N) is 1. The molecule has 1 saturated heterocycles. The van der Waals surface area contributed by atoms with Gasteiger partial charge in [-0.05, 0) is 24.4 Å². The summed E-state index contributed by atoms with van der Waals surface area (Å²) < 4.78 is 5.53. The van der Waals surface area contributed by atoms with E-state index >= 15 is 0 Å². The predicted octanol–water partition coefficient (Wildman–Crippen LogP) is 1.19. The molecule has 20 heavy (non-hydrogen) atoms. The molecule has 0 amide bonds. The number of rotatable bonds is 5. The number of likely N-dealkylation sites (tertiary alicyclic amines) is 1. The minimum atomic E-state index is -0.986. The number of nitrogens with two attached hydrogens (primary N) is 1. The Labute approximate surface area is 121 Å². The molecule has 0 radical (unpaired) electrons. The maximum atomic E-state index is 10.9. The minimum absolute atomic E-state index is 0.223. The number of aliphatic hydroxyl groups is 1. The van der Waals surface area contributed by atoms with E-state index in [1.54, 1.807) is 7.11 Å². The van der Waals surface area contributed by atoms with Gasteiger partial charge in [-0.3, -0.25) is 4.90 Å². The highest BCUT2D eigenvalue weighted by molar-refractivity contribution is 5.23. The van der Waals surface area contributed by atoms with Crippen LogP contribution >= 0.6 is 0 Å². The zero-order valence-electron chi connectivity index (χ0n) is 12.5. The SMILES string of the molecule is COC1CN(CC(O)(CN)c2ccccc2)CCC1C. The lowest BCUT2D eigenvalue weighted by Crippen LogP contribution is -2.51. The van der Waals surface area contributed by atoms with Gasteiger partial charge in [-0.1, -0.05) is 37.3 Å². The third-order valence-corrected chi connectivity index (χ3v) is 4.41. The van der Waals surface area contributed by atoms with Gasteiger partial charge in [0.25, 0.3) is 0 Å². The van der Waals surface area contributed by atoms with Crippen molar-refractivity contribution in [2.45, 2.75) is 25.0 Å². The minimum Gasteiger partial charge on any atom is -0.382 e. The highest BCUT2D eigenvalue weighted by Gasteiger charge is 2.34. The van der Waals surface area contributed by atoms with Gasteiger partial charge >= 0.3 is 0 Å². The molecule has 1 heterocycles. The normalized spacial score (nSPS) is 27.2. The second kappa shape index (κ2) is 6.68. The van der Waals surface area contributed by atoms with E-state index in [1.165, 1.54) is 0 Å². The Balaban J connectivity index is 2.07. The molecular weight excluding hydrogens is 252 g/mol. The van der Waals surface area contributed by atoms with Crippen LogP contribution in [-0.4, -0.2) is 49.4 Å². The van der Waals surface area contributed by atoms with Gasteiger partial charge in [0, 0.05) is 26.7 Å². The Bertz CT molecular complexity index is 412. The van der Waals surface area contributed by atoms with Crippen molar-refractivity contribution < 1.29 is 9.84 Å². The van der Waals surface area contributed by atoms with E-state index in [1.807, 2.05) is 30.3 Å². The number of β-amino-alcohol motifs (C(OH)–C–C–N with tert-alkyl or cyclic N) is 1. The Morgan fingerprint density at radius 3 is 2.70 bits per heavy atom. The molecule has 4 heteroatoms. The highest BCUT2D eigenvalue weighted by atomic mass is 16.5. The molecule has 3 atom stereocenters. The summed E-state index contributed by atoms with van der Waals surface area (Å²) >= 11 is 0. The molecule has 4 nitrogen and oxygen atoms in total. The van der Waals surface area contributed by atoms with Crippen LogP contribution in [0.4, 0.5) is 0 Å². The number of methoxy groups -OCH3 is 1. The van der Waals surface area contributed by atoms with Gasteiger partial charge in [0.1, 0.15) is 5.60 Å². The summed E-state index contributed by atoms with van der Waals surface area (Å²) in [4.78, 5) is 2.26. The molecule has 1 aromatic carbocycles. The summed E-state index contributed by atoms with van der Waals surface area (Å²) in [6.45, 7) is 4.83. The van der Waals surface area contributed by atoms with Gasteiger partial charge < -0.3 is 15.6 Å². The van der Waals surface area contributed by atoms with Gasteiger partial charge in [-0.25, -0.2) is 0 Å². The fraction of sp³-hybridized carbons (Fsp3) is 0.625. The zero-order chi connectivity index (χ0) is 14.6. The number of piperidine rings is 1. The lowest BCUT2D eigenvalue weighted by molar-refractivity contribution is -0.0461. The van der Waals surface area contributed by atoms with Crippen molar-refractivity contribution in [3.63, 3.8) is 0 Å². The molecule has 0 saturated carbocycles. The first-order valence-electron chi connectivity index (χ1n) is 7.32.